The van der Waals surface area contributed by atoms with Gasteiger partial charge in [-0.3, -0.25) is 10.1 Å². The summed E-state index contributed by atoms with van der Waals surface area (Å²) in [4.78, 5) is 11.9. The Labute approximate surface area is 122 Å². The number of rotatable bonds is 2. The molecule has 0 aliphatic carbocycles. The number of piperazine rings is 1. The maximum Gasteiger partial charge on any atom is 0.326 e. The quantitative estimate of drug-likeness (QED) is 0.335. The fraction of sp³-hybridized carbons (Fsp3) is 0.833. The number of nitrogens with zero attached hydrogens (tertiary/aromatic N) is 2. The first-order chi connectivity index (χ1) is 9.83. The zero-order valence-corrected chi connectivity index (χ0v) is 12.3. The molecule has 0 spiro atoms. The Kier molecular flexibility index (Phi) is 4.49. The minimum absolute atomic E-state index is 0.121. The Morgan fingerprint density at radius 3 is 2.95 bits per heavy atom. The van der Waals surface area contributed by atoms with Crippen molar-refractivity contribution in [2.24, 2.45) is 10.9 Å². The molecule has 0 radical (unpaired) electrons. The molecule has 2 aliphatic heterocycles. The van der Waals surface area contributed by atoms with E-state index in [1.165, 1.54) is 0 Å². The van der Waals surface area contributed by atoms with Crippen molar-refractivity contribution in [1.82, 2.24) is 10.4 Å². The van der Waals surface area contributed by atoms with Gasteiger partial charge in [0.05, 0.1) is 25.4 Å². The van der Waals surface area contributed by atoms with Gasteiger partial charge in [0.15, 0.2) is 0 Å². The first-order valence-electron chi connectivity index (χ1n) is 6.83. The fourth-order valence-corrected chi connectivity index (χ4v) is 2.71. The highest BCUT2D eigenvalue weighted by Crippen LogP contribution is 2.29. The van der Waals surface area contributed by atoms with Crippen molar-refractivity contribution in [2.75, 3.05) is 13.2 Å². The van der Waals surface area contributed by atoms with E-state index < -0.39 is 35.9 Å². The highest BCUT2D eigenvalue weighted by molar-refractivity contribution is 5.98. The number of nitrogens with one attached hydrogen (secondary N) is 1. The molecule has 0 aromatic carbocycles. The molecule has 0 aromatic rings. The Bertz CT molecular complexity index is 441. The second-order valence-corrected chi connectivity index (χ2v) is 5.60. The van der Waals surface area contributed by atoms with Crippen molar-refractivity contribution in [3.63, 3.8) is 0 Å². The zero-order valence-electron chi connectivity index (χ0n) is 12.3. The summed E-state index contributed by atoms with van der Waals surface area (Å²) in [5.41, 5.74) is 5.22. The Morgan fingerprint density at radius 1 is 1.71 bits per heavy atom. The SMILES string of the molecule is CCOC(=O)C1NC2C(=NO)C(C)(C)OCC2N([O-])C1N. The van der Waals surface area contributed by atoms with Gasteiger partial charge in [-0.2, -0.15) is 0 Å². The van der Waals surface area contributed by atoms with Crippen molar-refractivity contribution in [3.8, 4) is 0 Å². The molecule has 2 heterocycles. The van der Waals surface area contributed by atoms with E-state index in [-0.39, 0.29) is 18.9 Å². The van der Waals surface area contributed by atoms with E-state index in [2.05, 4.69) is 10.5 Å². The summed E-state index contributed by atoms with van der Waals surface area (Å²) in [5.74, 6) is -0.606. The largest absolute Gasteiger partial charge is 0.784 e. The number of carbonyl (C=O) groups is 1. The number of oxime groups is 1. The molecule has 2 aliphatic rings. The Balaban J connectivity index is 2.28. The van der Waals surface area contributed by atoms with Crippen LogP contribution in [-0.4, -0.2) is 65.1 Å². The molecule has 120 valence electrons. The monoisotopic (exact) mass is 301 g/mol. The van der Waals surface area contributed by atoms with Crippen LogP contribution in [0.1, 0.15) is 20.8 Å². The number of nitrogens with two attached hydrogens (primary N) is 1. The standard InChI is InChI=1S/C12H21N4O5/c1-4-20-11(17)8-10(13)16(19)6-5-21-12(2,3)9(15-18)7(6)14-8/h6-8,10,14,18H,4-5,13H2,1-3H3/q-1. The molecule has 2 saturated heterocycles. The summed E-state index contributed by atoms with van der Waals surface area (Å²) in [7, 11) is 0. The van der Waals surface area contributed by atoms with Crippen LogP contribution in [-0.2, 0) is 14.3 Å². The van der Waals surface area contributed by atoms with E-state index in [9.17, 15) is 15.2 Å². The lowest BCUT2D eigenvalue weighted by Crippen LogP contribution is -2.76. The number of hydrogen-bond donors (Lipinski definition) is 3. The molecule has 0 bridgehead atoms. The third-order valence-corrected chi connectivity index (χ3v) is 3.88. The van der Waals surface area contributed by atoms with E-state index in [0.29, 0.717) is 5.06 Å². The van der Waals surface area contributed by atoms with Crippen LogP contribution in [0.15, 0.2) is 5.16 Å². The summed E-state index contributed by atoms with van der Waals surface area (Å²) in [6, 6.07) is -2.29. The van der Waals surface area contributed by atoms with Gasteiger partial charge in [-0.15, -0.1) is 0 Å². The zero-order chi connectivity index (χ0) is 15.8. The van der Waals surface area contributed by atoms with Crippen molar-refractivity contribution in [1.29, 1.82) is 0 Å². The molecule has 4 unspecified atom stereocenters. The molecule has 2 rings (SSSR count). The van der Waals surface area contributed by atoms with Crippen LogP contribution < -0.4 is 11.1 Å². The predicted octanol–water partition coefficient (Wildman–Crippen LogP) is -1.02. The number of esters is 1. The van der Waals surface area contributed by atoms with Gasteiger partial charge >= 0.3 is 5.97 Å². The minimum Gasteiger partial charge on any atom is -0.784 e. The van der Waals surface area contributed by atoms with Gasteiger partial charge in [-0.25, -0.2) is 0 Å². The van der Waals surface area contributed by atoms with Crippen molar-refractivity contribution in [2.45, 2.75) is 50.7 Å². The number of hydroxylamine groups is 2. The van der Waals surface area contributed by atoms with Crippen LogP contribution in [0, 0.1) is 5.21 Å². The molecule has 9 heteroatoms. The van der Waals surface area contributed by atoms with Crippen molar-refractivity contribution >= 4 is 11.7 Å². The summed E-state index contributed by atoms with van der Waals surface area (Å²) >= 11 is 0. The maximum absolute atomic E-state index is 12.3. The van der Waals surface area contributed by atoms with Crippen LogP contribution in [0.25, 0.3) is 0 Å². The molecule has 0 saturated carbocycles. The molecule has 4 N–H and O–H groups in total. The third-order valence-electron chi connectivity index (χ3n) is 3.88. The van der Waals surface area contributed by atoms with Gasteiger partial charge in [0.2, 0.25) is 0 Å². The third kappa shape index (κ3) is 2.74. The normalized spacial score (nSPS) is 38.0. The van der Waals surface area contributed by atoms with Crippen LogP contribution in [0.2, 0.25) is 0 Å². The minimum atomic E-state index is -1.09. The van der Waals surface area contributed by atoms with Gasteiger partial charge < -0.3 is 30.7 Å². The highest BCUT2D eigenvalue weighted by atomic mass is 16.5. The topological polar surface area (TPSA) is 132 Å². The van der Waals surface area contributed by atoms with Gasteiger partial charge in [-0.1, -0.05) is 5.16 Å². The van der Waals surface area contributed by atoms with E-state index in [0.717, 1.165) is 0 Å². The van der Waals surface area contributed by atoms with Gasteiger partial charge in [0, 0.05) is 6.04 Å². The predicted molar refractivity (Wildman–Crippen MR) is 73.6 cm³/mol. The smallest absolute Gasteiger partial charge is 0.326 e. The maximum atomic E-state index is 12.3. The number of fused-ring (bicyclic) bond motifs is 1. The van der Waals surface area contributed by atoms with Crippen LogP contribution in [0.3, 0.4) is 0 Å². The van der Waals surface area contributed by atoms with Crippen LogP contribution in [0.4, 0.5) is 0 Å². The number of ether oxygens (including phenoxy) is 2. The molecule has 21 heavy (non-hydrogen) atoms. The molecule has 2 fully saturated rings. The van der Waals surface area contributed by atoms with E-state index in [4.69, 9.17) is 15.2 Å². The average molecular weight is 301 g/mol. The van der Waals surface area contributed by atoms with Gasteiger partial charge in [0.25, 0.3) is 0 Å². The summed E-state index contributed by atoms with van der Waals surface area (Å²) in [6.07, 6.45) is -1.09. The van der Waals surface area contributed by atoms with E-state index in [1.807, 2.05) is 0 Å². The summed E-state index contributed by atoms with van der Waals surface area (Å²) < 4.78 is 10.5. The molecule has 9 nitrogen and oxygen atoms in total. The first-order valence-corrected chi connectivity index (χ1v) is 6.83. The van der Waals surface area contributed by atoms with Gasteiger partial charge in [0.1, 0.15) is 17.4 Å². The number of carbonyl (C=O) groups excluding carboxylic acids is 1. The molecular weight excluding hydrogens is 280 g/mol. The van der Waals surface area contributed by atoms with Crippen molar-refractivity contribution < 1.29 is 19.5 Å². The summed E-state index contributed by atoms with van der Waals surface area (Å²) in [6.45, 7) is 5.43. The molecular formula is C12H21N4O5-. The lowest BCUT2D eigenvalue weighted by atomic mass is 9.85. The highest BCUT2D eigenvalue weighted by Gasteiger charge is 2.50. The molecule has 4 atom stereocenters. The second kappa shape index (κ2) is 5.85. The summed E-state index contributed by atoms with van der Waals surface area (Å²) in [5, 5.41) is 28.4. The van der Waals surface area contributed by atoms with Gasteiger partial charge in [-0.05, 0) is 20.8 Å². The lowest BCUT2D eigenvalue weighted by Gasteiger charge is -2.56. The number of hydrogen-bond acceptors (Lipinski definition) is 9. The van der Waals surface area contributed by atoms with E-state index >= 15 is 0 Å². The lowest BCUT2D eigenvalue weighted by molar-refractivity contribution is -0.150. The van der Waals surface area contributed by atoms with Crippen molar-refractivity contribution in [3.05, 3.63) is 5.21 Å². The van der Waals surface area contributed by atoms with E-state index in [1.54, 1.807) is 20.8 Å². The molecule has 0 aromatic heterocycles. The Morgan fingerprint density at radius 2 is 2.38 bits per heavy atom. The Hall–Kier alpha value is -1.26. The van der Waals surface area contributed by atoms with Crippen LogP contribution >= 0.6 is 0 Å². The first kappa shape index (κ1) is 16.1. The average Bonchev–Trinajstić information content (AvgIpc) is 2.42. The molecule has 0 amide bonds. The fourth-order valence-electron chi connectivity index (χ4n) is 2.71. The van der Waals surface area contributed by atoms with Crippen LogP contribution in [0.5, 0.6) is 0 Å². The second-order valence-electron chi connectivity index (χ2n) is 5.60.